The standard InChI is InChI=1S/C12H7BrF3N5O/c13-7-3-18-21(5-7)6-10-19-11(22-20-10)8-4-17-2-1-9(8)12(14,15)16/h1-5H,6H2. The van der Waals surface area contributed by atoms with Crippen LogP contribution < -0.4 is 0 Å². The van der Waals surface area contributed by atoms with Crippen LogP contribution in [0.3, 0.4) is 0 Å². The molecule has 22 heavy (non-hydrogen) atoms. The van der Waals surface area contributed by atoms with E-state index in [1.165, 1.54) is 4.68 Å². The van der Waals surface area contributed by atoms with Gasteiger partial charge in [-0.1, -0.05) is 5.16 Å². The van der Waals surface area contributed by atoms with E-state index in [-0.39, 0.29) is 23.8 Å². The van der Waals surface area contributed by atoms with Crippen molar-refractivity contribution in [3.8, 4) is 11.5 Å². The van der Waals surface area contributed by atoms with E-state index in [9.17, 15) is 13.2 Å². The van der Waals surface area contributed by atoms with Gasteiger partial charge in [0, 0.05) is 18.6 Å². The van der Waals surface area contributed by atoms with Crippen LogP contribution in [-0.4, -0.2) is 24.9 Å². The van der Waals surface area contributed by atoms with Crippen molar-refractivity contribution in [2.75, 3.05) is 0 Å². The molecule has 0 radical (unpaired) electrons. The third kappa shape index (κ3) is 3.01. The van der Waals surface area contributed by atoms with Crippen LogP contribution in [-0.2, 0) is 12.7 Å². The summed E-state index contributed by atoms with van der Waals surface area (Å²) in [6.45, 7) is 0.177. The molecule has 0 N–H and O–H groups in total. The van der Waals surface area contributed by atoms with Crippen molar-refractivity contribution in [2.24, 2.45) is 0 Å². The summed E-state index contributed by atoms with van der Waals surface area (Å²) in [5, 5.41) is 7.67. The van der Waals surface area contributed by atoms with Crippen LogP contribution in [0.1, 0.15) is 11.4 Å². The average Bonchev–Trinajstić information content (AvgIpc) is 3.08. The maximum absolute atomic E-state index is 13.0. The smallest absolute Gasteiger partial charge is 0.334 e. The van der Waals surface area contributed by atoms with Crippen molar-refractivity contribution in [3.05, 3.63) is 46.7 Å². The highest BCUT2D eigenvalue weighted by molar-refractivity contribution is 9.10. The van der Waals surface area contributed by atoms with E-state index < -0.39 is 11.7 Å². The first kappa shape index (κ1) is 14.7. The summed E-state index contributed by atoms with van der Waals surface area (Å²) in [7, 11) is 0. The highest BCUT2D eigenvalue weighted by Crippen LogP contribution is 2.35. The summed E-state index contributed by atoms with van der Waals surface area (Å²) in [4.78, 5) is 7.65. The Hall–Kier alpha value is -2.23. The molecule has 3 heterocycles. The normalized spacial score (nSPS) is 11.8. The van der Waals surface area contributed by atoms with Gasteiger partial charge in [-0.15, -0.1) is 0 Å². The lowest BCUT2D eigenvalue weighted by atomic mass is 10.1. The summed E-state index contributed by atoms with van der Waals surface area (Å²) < 4.78 is 46.1. The summed E-state index contributed by atoms with van der Waals surface area (Å²) in [6.07, 6.45) is 0.834. The molecule has 0 saturated heterocycles. The number of nitrogens with zero attached hydrogens (tertiary/aromatic N) is 5. The van der Waals surface area contributed by atoms with Crippen LogP contribution in [0.4, 0.5) is 13.2 Å². The zero-order valence-electron chi connectivity index (χ0n) is 10.8. The third-order valence-electron chi connectivity index (χ3n) is 2.73. The Bertz CT molecular complexity index is 798. The summed E-state index contributed by atoms with van der Waals surface area (Å²) >= 11 is 3.24. The fraction of sp³-hybridized carbons (Fsp3) is 0.167. The van der Waals surface area contributed by atoms with E-state index >= 15 is 0 Å². The minimum Gasteiger partial charge on any atom is -0.334 e. The van der Waals surface area contributed by atoms with E-state index in [1.807, 2.05) is 0 Å². The summed E-state index contributed by atoms with van der Waals surface area (Å²) in [6, 6.07) is 0.865. The average molecular weight is 374 g/mol. The first-order chi connectivity index (χ1) is 10.4. The van der Waals surface area contributed by atoms with Gasteiger partial charge in [-0.05, 0) is 22.0 Å². The highest BCUT2D eigenvalue weighted by atomic mass is 79.9. The maximum Gasteiger partial charge on any atom is 0.417 e. The van der Waals surface area contributed by atoms with E-state index in [0.717, 1.165) is 22.9 Å². The quantitative estimate of drug-likeness (QED) is 0.705. The van der Waals surface area contributed by atoms with Gasteiger partial charge in [-0.2, -0.15) is 23.3 Å². The molecule has 0 amide bonds. The van der Waals surface area contributed by atoms with Crippen molar-refractivity contribution in [1.82, 2.24) is 24.9 Å². The molecule has 0 aromatic carbocycles. The Labute approximate surface area is 130 Å². The SMILES string of the molecule is FC(F)(F)c1ccncc1-c1nc(Cn2cc(Br)cn2)no1. The van der Waals surface area contributed by atoms with Crippen LogP contribution in [0.2, 0.25) is 0 Å². The molecular weight excluding hydrogens is 367 g/mol. The predicted octanol–water partition coefficient (Wildman–Crippen LogP) is 3.16. The van der Waals surface area contributed by atoms with Gasteiger partial charge in [-0.25, -0.2) is 0 Å². The monoisotopic (exact) mass is 373 g/mol. The fourth-order valence-corrected chi connectivity index (χ4v) is 2.14. The number of halogens is 4. The number of pyridine rings is 1. The van der Waals surface area contributed by atoms with Gasteiger partial charge in [0.25, 0.3) is 5.89 Å². The van der Waals surface area contributed by atoms with Gasteiger partial charge in [-0.3, -0.25) is 9.67 Å². The van der Waals surface area contributed by atoms with Crippen LogP contribution >= 0.6 is 15.9 Å². The summed E-state index contributed by atoms with van der Waals surface area (Å²) in [5.74, 6) is -0.0239. The molecule has 3 aromatic heterocycles. The Morgan fingerprint density at radius 2 is 2.09 bits per heavy atom. The van der Waals surface area contributed by atoms with E-state index in [1.54, 1.807) is 12.4 Å². The molecule has 10 heteroatoms. The molecule has 6 nitrogen and oxygen atoms in total. The largest absolute Gasteiger partial charge is 0.417 e. The number of hydrogen-bond donors (Lipinski definition) is 0. The minimum atomic E-state index is -4.53. The van der Waals surface area contributed by atoms with Crippen LogP contribution in [0.25, 0.3) is 11.5 Å². The van der Waals surface area contributed by atoms with E-state index in [0.29, 0.717) is 0 Å². The molecule has 0 aliphatic rings. The van der Waals surface area contributed by atoms with Crippen molar-refractivity contribution in [2.45, 2.75) is 12.7 Å². The van der Waals surface area contributed by atoms with E-state index in [2.05, 4.69) is 36.2 Å². The fourth-order valence-electron chi connectivity index (χ4n) is 1.81. The highest BCUT2D eigenvalue weighted by Gasteiger charge is 2.35. The molecule has 0 spiro atoms. The number of hydrogen-bond acceptors (Lipinski definition) is 5. The van der Waals surface area contributed by atoms with Gasteiger partial charge >= 0.3 is 6.18 Å². The van der Waals surface area contributed by atoms with Crippen molar-refractivity contribution in [3.63, 3.8) is 0 Å². The van der Waals surface area contributed by atoms with Crippen LogP contribution in [0, 0.1) is 0 Å². The molecule has 0 aliphatic carbocycles. The first-order valence-electron chi connectivity index (χ1n) is 5.95. The molecule has 0 atom stereocenters. The Morgan fingerprint density at radius 1 is 1.27 bits per heavy atom. The second kappa shape index (κ2) is 5.52. The minimum absolute atomic E-state index is 0.177. The number of alkyl halides is 3. The van der Waals surface area contributed by atoms with E-state index in [4.69, 9.17) is 4.52 Å². The van der Waals surface area contributed by atoms with Gasteiger partial charge in [0.2, 0.25) is 0 Å². The van der Waals surface area contributed by atoms with Crippen LogP contribution in [0.5, 0.6) is 0 Å². The summed E-state index contributed by atoms with van der Waals surface area (Å²) in [5.41, 5.74) is -1.13. The Morgan fingerprint density at radius 3 is 2.77 bits per heavy atom. The number of rotatable bonds is 3. The topological polar surface area (TPSA) is 69.6 Å². The van der Waals surface area contributed by atoms with Crippen molar-refractivity contribution < 1.29 is 17.7 Å². The van der Waals surface area contributed by atoms with Gasteiger partial charge in [0.1, 0.15) is 6.54 Å². The van der Waals surface area contributed by atoms with Crippen molar-refractivity contribution in [1.29, 1.82) is 0 Å². The molecule has 0 saturated carbocycles. The second-order valence-corrected chi connectivity index (χ2v) is 5.21. The molecule has 0 aliphatic heterocycles. The lowest BCUT2D eigenvalue weighted by molar-refractivity contribution is -0.137. The van der Waals surface area contributed by atoms with Crippen LogP contribution in [0.15, 0.2) is 39.8 Å². The predicted molar refractivity (Wildman–Crippen MR) is 71.6 cm³/mol. The van der Waals surface area contributed by atoms with Crippen molar-refractivity contribution >= 4 is 15.9 Å². The lowest BCUT2D eigenvalue weighted by Gasteiger charge is -2.08. The van der Waals surface area contributed by atoms with Gasteiger partial charge < -0.3 is 4.52 Å². The molecular formula is C12H7BrF3N5O. The third-order valence-corrected chi connectivity index (χ3v) is 3.14. The second-order valence-electron chi connectivity index (χ2n) is 4.29. The zero-order valence-corrected chi connectivity index (χ0v) is 12.3. The lowest BCUT2D eigenvalue weighted by Crippen LogP contribution is -2.07. The molecule has 3 aromatic rings. The molecule has 0 bridgehead atoms. The molecule has 0 fully saturated rings. The van der Waals surface area contributed by atoms with Gasteiger partial charge in [0.15, 0.2) is 5.82 Å². The molecule has 114 valence electrons. The van der Waals surface area contributed by atoms with Gasteiger partial charge in [0.05, 0.1) is 21.8 Å². The number of aromatic nitrogens is 5. The molecule has 3 rings (SSSR count). The Kier molecular flexibility index (Phi) is 3.69. The maximum atomic E-state index is 13.0. The Balaban J connectivity index is 1.91. The zero-order chi connectivity index (χ0) is 15.7. The molecule has 0 unspecified atom stereocenters. The first-order valence-corrected chi connectivity index (χ1v) is 6.75.